The Hall–Kier alpha value is -1.73. The average Bonchev–Trinajstić information content (AvgIpc) is 3.39. The molecule has 1 saturated carbocycles. The Labute approximate surface area is 169 Å². The molecule has 6 nitrogen and oxygen atoms in total. The van der Waals surface area contributed by atoms with E-state index in [9.17, 15) is 4.79 Å². The van der Waals surface area contributed by atoms with Gasteiger partial charge >= 0.3 is 0 Å². The Morgan fingerprint density at radius 1 is 1.33 bits per heavy atom. The molecule has 1 amide bonds. The molecule has 0 saturated heterocycles. The van der Waals surface area contributed by atoms with Gasteiger partial charge in [-0.3, -0.25) is 9.36 Å². The van der Waals surface area contributed by atoms with Crippen LogP contribution in [-0.4, -0.2) is 32.5 Å². The fourth-order valence-corrected chi connectivity index (χ4v) is 3.53. The second-order valence-electron chi connectivity index (χ2n) is 7.11. The zero-order valence-corrected chi connectivity index (χ0v) is 17.4. The summed E-state index contributed by atoms with van der Waals surface area (Å²) < 4.78 is 7.91. The van der Waals surface area contributed by atoms with E-state index < -0.39 is 0 Å². The van der Waals surface area contributed by atoms with Crippen LogP contribution in [0.4, 0.5) is 0 Å². The molecule has 146 valence electrons. The quantitative estimate of drug-likeness (QED) is 0.632. The first-order chi connectivity index (χ1) is 13.0. The molecule has 3 rings (SSSR count). The molecule has 2 aromatic rings. The number of ether oxygens (including phenoxy) is 1. The molecule has 0 spiro atoms. The lowest BCUT2D eigenvalue weighted by molar-refractivity contribution is -0.119. The zero-order chi connectivity index (χ0) is 19.4. The number of rotatable bonds is 9. The molecular weight excluding hydrogens is 384 g/mol. The number of hydrogen-bond acceptors (Lipinski definition) is 5. The molecule has 1 fully saturated rings. The van der Waals surface area contributed by atoms with E-state index >= 15 is 0 Å². The van der Waals surface area contributed by atoms with Gasteiger partial charge in [0.05, 0.1) is 10.8 Å². The number of para-hydroxylation sites is 1. The average molecular weight is 409 g/mol. The van der Waals surface area contributed by atoms with E-state index in [-0.39, 0.29) is 11.9 Å². The summed E-state index contributed by atoms with van der Waals surface area (Å²) in [7, 11) is 0. The van der Waals surface area contributed by atoms with Crippen LogP contribution < -0.4 is 10.1 Å². The third-order valence-corrected chi connectivity index (χ3v) is 5.82. The lowest BCUT2D eigenvalue weighted by Gasteiger charge is -2.17. The fraction of sp³-hybridized carbons (Fsp3) is 0.526. The van der Waals surface area contributed by atoms with E-state index in [0.717, 1.165) is 23.8 Å². The molecule has 1 aromatic carbocycles. The first-order valence-electron chi connectivity index (χ1n) is 9.19. The summed E-state index contributed by atoms with van der Waals surface area (Å²) in [4.78, 5) is 12.2. The van der Waals surface area contributed by atoms with Gasteiger partial charge in [-0.05, 0) is 37.8 Å². The van der Waals surface area contributed by atoms with E-state index in [1.165, 1.54) is 11.8 Å². The van der Waals surface area contributed by atoms with Crippen LogP contribution in [0, 0.1) is 5.92 Å². The predicted molar refractivity (Wildman–Crippen MR) is 107 cm³/mol. The van der Waals surface area contributed by atoms with E-state index in [2.05, 4.69) is 33.9 Å². The smallest absolute Gasteiger partial charge is 0.230 e. The number of carbonyl (C=O) groups is 1. The van der Waals surface area contributed by atoms with Crippen molar-refractivity contribution in [1.29, 1.82) is 0 Å². The maximum Gasteiger partial charge on any atom is 0.230 e. The highest BCUT2D eigenvalue weighted by molar-refractivity contribution is 7.99. The number of amides is 1. The number of carbonyl (C=O) groups excluding carboxylic acids is 1. The SMILES string of the molecule is CC(C)[C@@H](C)NC(=O)CSc1nnc(COc2ccccc2Cl)n1C1CC1. The number of nitrogens with one attached hydrogen (secondary N) is 1. The number of benzene rings is 1. The molecule has 0 radical (unpaired) electrons. The van der Waals surface area contributed by atoms with Gasteiger partial charge in [0.2, 0.25) is 5.91 Å². The zero-order valence-electron chi connectivity index (χ0n) is 15.8. The van der Waals surface area contributed by atoms with Crippen LogP contribution in [0.2, 0.25) is 5.02 Å². The second-order valence-corrected chi connectivity index (χ2v) is 8.46. The minimum Gasteiger partial charge on any atom is -0.484 e. The van der Waals surface area contributed by atoms with Crippen LogP contribution in [0.1, 0.15) is 45.5 Å². The lowest BCUT2D eigenvalue weighted by Crippen LogP contribution is -2.37. The van der Waals surface area contributed by atoms with E-state index in [4.69, 9.17) is 16.3 Å². The summed E-state index contributed by atoms with van der Waals surface area (Å²) in [6, 6.07) is 7.91. The van der Waals surface area contributed by atoms with Crippen molar-refractivity contribution >= 4 is 29.3 Å². The first-order valence-corrected chi connectivity index (χ1v) is 10.5. The topological polar surface area (TPSA) is 69.0 Å². The summed E-state index contributed by atoms with van der Waals surface area (Å²) >= 11 is 7.56. The standard InChI is InChI=1S/C19H25ClN4O2S/c1-12(2)13(3)21-18(25)11-27-19-23-22-17(24(19)14-8-9-14)10-26-16-7-5-4-6-15(16)20/h4-7,12-14H,8-11H2,1-3H3,(H,21,25)/t13-/m1/s1. The molecule has 1 heterocycles. The summed E-state index contributed by atoms with van der Waals surface area (Å²) in [6.45, 7) is 6.49. The minimum atomic E-state index is 0.0143. The highest BCUT2D eigenvalue weighted by atomic mass is 35.5. The Kier molecular flexibility index (Phi) is 6.65. The summed E-state index contributed by atoms with van der Waals surface area (Å²) in [5.74, 6) is 2.13. The molecule has 0 aliphatic heterocycles. The van der Waals surface area contributed by atoms with Crippen molar-refractivity contribution in [3.8, 4) is 5.75 Å². The van der Waals surface area contributed by atoms with E-state index in [0.29, 0.717) is 35.1 Å². The molecule has 1 aromatic heterocycles. The molecule has 0 unspecified atom stereocenters. The Morgan fingerprint density at radius 2 is 2.07 bits per heavy atom. The minimum absolute atomic E-state index is 0.0143. The van der Waals surface area contributed by atoms with Gasteiger partial charge in [-0.1, -0.05) is 49.3 Å². The highest BCUT2D eigenvalue weighted by Crippen LogP contribution is 2.39. The lowest BCUT2D eigenvalue weighted by atomic mass is 10.1. The number of hydrogen-bond donors (Lipinski definition) is 1. The van der Waals surface area contributed by atoms with Gasteiger partial charge in [0, 0.05) is 12.1 Å². The van der Waals surface area contributed by atoms with Crippen molar-refractivity contribution in [3.63, 3.8) is 0 Å². The summed E-state index contributed by atoms with van der Waals surface area (Å²) in [5, 5.41) is 12.9. The van der Waals surface area contributed by atoms with Crippen LogP contribution >= 0.6 is 23.4 Å². The molecule has 27 heavy (non-hydrogen) atoms. The van der Waals surface area contributed by atoms with Crippen molar-refractivity contribution in [2.24, 2.45) is 5.92 Å². The van der Waals surface area contributed by atoms with Crippen LogP contribution in [0.3, 0.4) is 0 Å². The monoisotopic (exact) mass is 408 g/mol. The van der Waals surface area contributed by atoms with Crippen LogP contribution in [0.5, 0.6) is 5.75 Å². The molecule has 1 aliphatic carbocycles. The van der Waals surface area contributed by atoms with Crippen molar-refractivity contribution in [2.45, 2.75) is 57.5 Å². The maximum atomic E-state index is 12.2. The van der Waals surface area contributed by atoms with E-state index in [1.54, 1.807) is 6.07 Å². The summed E-state index contributed by atoms with van der Waals surface area (Å²) in [6.07, 6.45) is 2.20. The van der Waals surface area contributed by atoms with Crippen LogP contribution in [0.25, 0.3) is 0 Å². The fourth-order valence-electron chi connectivity index (χ4n) is 2.50. The second kappa shape index (κ2) is 8.97. The first kappa shape index (κ1) is 20.0. The van der Waals surface area contributed by atoms with Gasteiger partial charge in [-0.2, -0.15) is 0 Å². The normalized spacial score (nSPS) is 15.0. The molecule has 0 bridgehead atoms. The molecule has 8 heteroatoms. The highest BCUT2D eigenvalue weighted by Gasteiger charge is 2.30. The third-order valence-electron chi connectivity index (χ3n) is 4.56. The Balaban J connectivity index is 1.62. The molecular formula is C19H25ClN4O2S. The number of thioether (sulfide) groups is 1. The molecule has 1 N–H and O–H groups in total. The van der Waals surface area contributed by atoms with Gasteiger partial charge in [-0.15, -0.1) is 10.2 Å². The third kappa shape index (κ3) is 5.39. The van der Waals surface area contributed by atoms with Gasteiger partial charge in [0.15, 0.2) is 11.0 Å². The maximum absolute atomic E-state index is 12.2. The Morgan fingerprint density at radius 3 is 2.74 bits per heavy atom. The van der Waals surface area contributed by atoms with Crippen LogP contribution in [0.15, 0.2) is 29.4 Å². The van der Waals surface area contributed by atoms with Crippen molar-refractivity contribution in [2.75, 3.05) is 5.75 Å². The van der Waals surface area contributed by atoms with Crippen molar-refractivity contribution in [1.82, 2.24) is 20.1 Å². The Bertz CT molecular complexity index is 792. The van der Waals surface area contributed by atoms with Gasteiger partial charge < -0.3 is 10.1 Å². The van der Waals surface area contributed by atoms with Crippen molar-refractivity contribution < 1.29 is 9.53 Å². The molecule has 1 aliphatic rings. The van der Waals surface area contributed by atoms with Crippen molar-refractivity contribution in [3.05, 3.63) is 35.1 Å². The van der Waals surface area contributed by atoms with Crippen LogP contribution in [-0.2, 0) is 11.4 Å². The summed E-state index contributed by atoms with van der Waals surface area (Å²) in [5.41, 5.74) is 0. The van der Waals surface area contributed by atoms with Gasteiger partial charge in [-0.25, -0.2) is 0 Å². The van der Waals surface area contributed by atoms with Gasteiger partial charge in [0.25, 0.3) is 0 Å². The molecule has 1 atom stereocenters. The predicted octanol–water partition coefficient (Wildman–Crippen LogP) is 4.10. The number of nitrogens with zero attached hydrogens (tertiary/aromatic N) is 3. The van der Waals surface area contributed by atoms with E-state index in [1.807, 2.05) is 25.1 Å². The number of halogens is 1. The van der Waals surface area contributed by atoms with Gasteiger partial charge in [0.1, 0.15) is 12.4 Å². The largest absolute Gasteiger partial charge is 0.484 e. The number of aromatic nitrogens is 3.